The highest BCUT2D eigenvalue weighted by Gasteiger charge is 1.92. The van der Waals surface area contributed by atoms with Crippen molar-refractivity contribution in [1.29, 1.82) is 0 Å². The predicted octanol–water partition coefficient (Wildman–Crippen LogP) is 3.57. The summed E-state index contributed by atoms with van der Waals surface area (Å²) in [6.07, 6.45) is 2.31. The highest BCUT2D eigenvalue weighted by atomic mass is 28.3. The Bertz CT molecular complexity index is 303. The molecule has 1 rings (SSSR count). The lowest BCUT2D eigenvalue weighted by molar-refractivity contribution is 0.966. The molecule has 0 saturated carbocycles. The van der Waals surface area contributed by atoms with E-state index in [9.17, 15) is 0 Å². The molecule has 0 fully saturated rings. The van der Waals surface area contributed by atoms with E-state index in [1.807, 2.05) is 18.2 Å². The molecule has 0 N–H and O–H groups in total. The van der Waals surface area contributed by atoms with Gasteiger partial charge in [-0.2, -0.15) is 0 Å². The first-order chi connectivity index (χ1) is 6.79. The zero-order valence-corrected chi connectivity index (χ0v) is 10.0. The molecule has 1 aromatic carbocycles. The van der Waals surface area contributed by atoms with Crippen molar-refractivity contribution < 1.29 is 0 Å². The van der Waals surface area contributed by atoms with Crippen LogP contribution >= 0.6 is 0 Å². The van der Waals surface area contributed by atoms with E-state index in [2.05, 4.69) is 37.1 Å². The Hall–Kier alpha value is -1.00. The molecule has 0 saturated heterocycles. The van der Waals surface area contributed by atoms with Crippen LogP contribution in [-0.2, 0) is 0 Å². The van der Waals surface area contributed by atoms with Gasteiger partial charge in [-0.25, -0.2) is 0 Å². The summed E-state index contributed by atoms with van der Waals surface area (Å²) in [6.45, 7) is 4.71. The van der Waals surface area contributed by atoms with Crippen LogP contribution in [0.5, 0.6) is 0 Å². The normalized spacial score (nSPS) is 9.64. The van der Waals surface area contributed by atoms with Crippen LogP contribution in [0, 0.1) is 11.8 Å². The minimum Gasteiger partial charge on any atom is -0.0979 e. The molecular weight excluding hydrogens is 184 g/mol. The largest absolute Gasteiger partial charge is 0.0979 e. The van der Waals surface area contributed by atoms with Crippen LogP contribution in [0.25, 0.3) is 0 Å². The first-order valence-corrected chi connectivity index (χ1v) is 7.82. The van der Waals surface area contributed by atoms with Gasteiger partial charge in [0.2, 0.25) is 0 Å². The fourth-order valence-electron chi connectivity index (χ4n) is 1.22. The average Bonchev–Trinajstić information content (AvgIpc) is 2.18. The molecule has 0 nitrogen and oxygen atoms in total. The lowest BCUT2D eigenvalue weighted by Gasteiger charge is -1.97. The van der Waals surface area contributed by atoms with Gasteiger partial charge in [-0.1, -0.05) is 49.2 Å². The molecule has 1 radical (unpaired) electrons. The van der Waals surface area contributed by atoms with Gasteiger partial charge in [-0.3, -0.25) is 0 Å². The standard InChI is InChI=1S/C13H17Si/c1-14(2)12-8-4-7-11-13-9-5-3-6-10-13/h3,5-6,9-10H,4,8,12H2,1-2H3. The van der Waals surface area contributed by atoms with Crippen molar-refractivity contribution in [2.24, 2.45) is 0 Å². The van der Waals surface area contributed by atoms with Gasteiger partial charge in [0.15, 0.2) is 0 Å². The number of benzene rings is 1. The molecule has 0 aromatic heterocycles. The molecule has 0 aliphatic rings. The van der Waals surface area contributed by atoms with E-state index in [1.54, 1.807) is 0 Å². The molecule has 0 unspecified atom stereocenters. The van der Waals surface area contributed by atoms with Crippen molar-refractivity contribution in [3.63, 3.8) is 0 Å². The lowest BCUT2D eigenvalue weighted by Crippen LogP contribution is -1.97. The van der Waals surface area contributed by atoms with Gasteiger partial charge < -0.3 is 0 Å². The van der Waals surface area contributed by atoms with E-state index < -0.39 is 0 Å². The molecule has 1 aromatic rings. The third kappa shape index (κ3) is 4.89. The Morgan fingerprint density at radius 1 is 1.14 bits per heavy atom. The van der Waals surface area contributed by atoms with Crippen LogP contribution in [-0.4, -0.2) is 8.80 Å². The lowest BCUT2D eigenvalue weighted by atomic mass is 10.2. The predicted molar refractivity (Wildman–Crippen MR) is 64.8 cm³/mol. The Labute approximate surface area is 89.0 Å². The van der Waals surface area contributed by atoms with Gasteiger partial charge in [0.05, 0.1) is 0 Å². The Morgan fingerprint density at radius 3 is 2.50 bits per heavy atom. The third-order valence-electron chi connectivity index (χ3n) is 1.99. The van der Waals surface area contributed by atoms with Crippen molar-refractivity contribution in [2.75, 3.05) is 0 Å². The zero-order valence-electron chi connectivity index (χ0n) is 9.01. The summed E-state index contributed by atoms with van der Waals surface area (Å²) in [4.78, 5) is 0. The monoisotopic (exact) mass is 201 g/mol. The highest BCUT2D eigenvalue weighted by Crippen LogP contribution is 2.00. The van der Waals surface area contributed by atoms with Crippen molar-refractivity contribution >= 4 is 8.80 Å². The fourth-order valence-corrected chi connectivity index (χ4v) is 2.10. The molecule has 0 amide bonds. The van der Waals surface area contributed by atoms with Crippen molar-refractivity contribution in [3.05, 3.63) is 35.9 Å². The molecule has 1 heteroatoms. The minimum atomic E-state index is -0.0469. The van der Waals surface area contributed by atoms with Crippen LogP contribution in [0.4, 0.5) is 0 Å². The topological polar surface area (TPSA) is 0 Å². The van der Waals surface area contributed by atoms with Gasteiger partial charge in [-0.15, -0.1) is 0 Å². The summed E-state index contributed by atoms with van der Waals surface area (Å²) in [7, 11) is -0.0469. The van der Waals surface area contributed by atoms with Crippen molar-refractivity contribution in [2.45, 2.75) is 32.0 Å². The Kier molecular flexibility index (Phi) is 5.10. The SMILES string of the molecule is C[Si](C)CCCC#Cc1ccccc1. The maximum absolute atomic E-state index is 3.22. The second-order valence-electron chi connectivity index (χ2n) is 3.73. The van der Waals surface area contributed by atoms with Crippen LogP contribution in [0.15, 0.2) is 30.3 Å². The van der Waals surface area contributed by atoms with Gasteiger partial charge >= 0.3 is 0 Å². The Balaban J connectivity index is 2.28. The van der Waals surface area contributed by atoms with Crippen molar-refractivity contribution in [3.8, 4) is 11.8 Å². The van der Waals surface area contributed by atoms with Crippen LogP contribution in [0.1, 0.15) is 18.4 Å². The number of hydrogen-bond acceptors (Lipinski definition) is 0. The van der Waals surface area contributed by atoms with Crippen molar-refractivity contribution in [1.82, 2.24) is 0 Å². The average molecular weight is 201 g/mol. The second-order valence-corrected chi connectivity index (χ2v) is 6.64. The van der Waals surface area contributed by atoms with Crippen LogP contribution in [0.3, 0.4) is 0 Å². The fraction of sp³-hybridized carbons (Fsp3) is 0.385. The van der Waals surface area contributed by atoms with Crippen LogP contribution in [0.2, 0.25) is 19.1 Å². The summed E-state index contributed by atoms with van der Waals surface area (Å²) in [5.41, 5.74) is 1.13. The second kappa shape index (κ2) is 6.45. The number of rotatable bonds is 3. The molecule has 73 valence electrons. The molecule has 0 aliphatic carbocycles. The maximum Gasteiger partial charge on any atom is 0.0413 e. The molecule has 0 bridgehead atoms. The molecule has 0 atom stereocenters. The first-order valence-electron chi connectivity index (χ1n) is 5.12. The summed E-state index contributed by atoms with van der Waals surface area (Å²) >= 11 is 0. The van der Waals surface area contributed by atoms with E-state index in [-0.39, 0.29) is 8.80 Å². The van der Waals surface area contributed by atoms with E-state index in [0.717, 1.165) is 12.0 Å². The minimum absolute atomic E-state index is 0.0469. The quantitative estimate of drug-likeness (QED) is 0.398. The van der Waals surface area contributed by atoms with Gasteiger partial charge in [0.25, 0.3) is 0 Å². The van der Waals surface area contributed by atoms with E-state index in [4.69, 9.17) is 0 Å². The molecule has 0 heterocycles. The smallest absolute Gasteiger partial charge is 0.0413 e. The molecule has 14 heavy (non-hydrogen) atoms. The van der Waals surface area contributed by atoms with E-state index in [1.165, 1.54) is 12.5 Å². The Morgan fingerprint density at radius 2 is 1.86 bits per heavy atom. The van der Waals surface area contributed by atoms with E-state index in [0.29, 0.717) is 0 Å². The number of hydrogen-bond donors (Lipinski definition) is 0. The highest BCUT2D eigenvalue weighted by molar-refractivity contribution is 6.55. The summed E-state index contributed by atoms with van der Waals surface area (Å²) in [5, 5.41) is 0. The zero-order chi connectivity index (χ0) is 10.2. The van der Waals surface area contributed by atoms with Gasteiger partial charge in [0.1, 0.15) is 0 Å². The molecule has 0 aliphatic heterocycles. The number of unbranched alkanes of at least 4 members (excludes halogenated alkanes) is 1. The van der Waals surface area contributed by atoms with E-state index >= 15 is 0 Å². The summed E-state index contributed by atoms with van der Waals surface area (Å²) in [6, 6.07) is 11.6. The molecular formula is C13H17Si. The summed E-state index contributed by atoms with van der Waals surface area (Å²) in [5.74, 6) is 6.40. The molecule has 0 spiro atoms. The van der Waals surface area contributed by atoms with Crippen LogP contribution < -0.4 is 0 Å². The summed E-state index contributed by atoms with van der Waals surface area (Å²) < 4.78 is 0. The van der Waals surface area contributed by atoms with Gasteiger partial charge in [-0.05, 0) is 18.6 Å². The van der Waals surface area contributed by atoms with Gasteiger partial charge in [0, 0.05) is 20.8 Å². The third-order valence-corrected chi connectivity index (χ3v) is 3.34. The first kappa shape index (κ1) is 11.1. The maximum atomic E-state index is 3.22.